The van der Waals surface area contributed by atoms with E-state index in [1.54, 1.807) is 20.4 Å². The minimum Gasteiger partial charge on any atom is -0.481 e. The van der Waals surface area contributed by atoms with Crippen LogP contribution in [0, 0.1) is 0 Å². The van der Waals surface area contributed by atoms with Crippen molar-refractivity contribution in [3.8, 4) is 11.8 Å². The molecule has 0 aromatic carbocycles. The summed E-state index contributed by atoms with van der Waals surface area (Å²) in [6.45, 7) is 2.35. The van der Waals surface area contributed by atoms with E-state index in [4.69, 9.17) is 9.47 Å². The first-order chi connectivity index (χ1) is 9.85. The maximum Gasteiger partial charge on any atom is 0.224 e. The number of ether oxygens (including phenoxy) is 2. The molecule has 0 aliphatic heterocycles. The van der Waals surface area contributed by atoms with Gasteiger partial charge in [-0.15, -0.1) is 0 Å². The number of aromatic nitrogens is 4. The Morgan fingerprint density at radius 3 is 2.55 bits per heavy atom. The summed E-state index contributed by atoms with van der Waals surface area (Å²) >= 11 is 0. The predicted molar refractivity (Wildman–Crippen MR) is 73.7 cm³/mol. The van der Waals surface area contributed by atoms with Crippen LogP contribution in [0.1, 0.15) is 12.0 Å². The Balaban J connectivity index is 1.81. The largest absolute Gasteiger partial charge is 0.481 e. The Bertz CT molecular complexity index is 493. The van der Waals surface area contributed by atoms with E-state index in [0.29, 0.717) is 18.3 Å². The van der Waals surface area contributed by atoms with Gasteiger partial charge in [0.15, 0.2) is 0 Å². The van der Waals surface area contributed by atoms with Crippen LogP contribution in [0.15, 0.2) is 24.8 Å². The molecule has 2 heterocycles. The molecule has 0 aliphatic rings. The first-order valence-electron chi connectivity index (χ1n) is 6.45. The van der Waals surface area contributed by atoms with Crippen molar-refractivity contribution in [2.24, 2.45) is 0 Å². The van der Waals surface area contributed by atoms with Gasteiger partial charge >= 0.3 is 0 Å². The van der Waals surface area contributed by atoms with Crippen molar-refractivity contribution in [1.29, 1.82) is 0 Å². The highest BCUT2D eigenvalue weighted by atomic mass is 16.5. The van der Waals surface area contributed by atoms with Crippen molar-refractivity contribution in [3.05, 3.63) is 30.4 Å². The monoisotopic (exact) mass is 277 g/mol. The summed E-state index contributed by atoms with van der Waals surface area (Å²) in [5.74, 6) is 1.08. The molecule has 2 aromatic heterocycles. The SMILES string of the molecule is COc1ncnc(OC)c1CNCCCn1cccn1. The van der Waals surface area contributed by atoms with Gasteiger partial charge in [0.05, 0.1) is 19.8 Å². The van der Waals surface area contributed by atoms with Gasteiger partial charge in [-0.1, -0.05) is 0 Å². The smallest absolute Gasteiger partial charge is 0.224 e. The van der Waals surface area contributed by atoms with Gasteiger partial charge in [0.25, 0.3) is 0 Å². The quantitative estimate of drug-likeness (QED) is 0.722. The van der Waals surface area contributed by atoms with Crippen molar-refractivity contribution >= 4 is 0 Å². The van der Waals surface area contributed by atoms with E-state index in [-0.39, 0.29) is 0 Å². The minimum atomic E-state index is 0.538. The van der Waals surface area contributed by atoms with Gasteiger partial charge in [-0.3, -0.25) is 4.68 Å². The molecule has 7 heteroatoms. The molecule has 0 atom stereocenters. The van der Waals surface area contributed by atoms with E-state index < -0.39 is 0 Å². The molecule has 0 radical (unpaired) electrons. The summed E-state index contributed by atoms with van der Waals surface area (Å²) in [6.07, 6.45) is 6.15. The number of rotatable bonds is 8. The molecule has 108 valence electrons. The van der Waals surface area contributed by atoms with Gasteiger partial charge in [-0.05, 0) is 19.0 Å². The van der Waals surface area contributed by atoms with Crippen molar-refractivity contribution in [2.45, 2.75) is 19.5 Å². The standard InChI is InChI=1S/C13H19N5O2/c1-19-12-11(13(20-2)16-10-15-12)9-14-5-3-7-18-8-4-6-17-18/h4,6,8,10,14H,3,5,7,9H2,1-2H3. The summed E-state index contributed by atoms with van der Waals surface area (Å²) in [7, 11) is 3.17. The highest BCUT2D eigenvalue weighted by molar-refractivity contribution is 5.34. The number of aryl methyl sites for hydroxylation is 1. The second kappa shape index (κ2) is 7.44. The fourth-order valence-electron chi connectivity index (χ4n) is 1.90. The molecule has 2 rings (SSSR count). The zero-order valence-corrected chi connectivity index (χ0v) is 11.7. The lowest BCUT2D eigenvalue weighted by Crippen LogP contribution is -2.18. The lowest BCUT2D eigenvalue weighted by molar-refractivity contribution is 0.359. The summed E-state index contributed by atoms with van der Waals surface area (Å²) in [4.78, 5) is 8.16. The number of nitrogens with one attached hydrogen (secondary N) is 1. The van der Waals surface area contributed by atoms with Crippen LogP contribution in [0.25, 0.3) is 0 Å². The lowest BCUT2D eigenvalue weighted by Gasteiger charge is -2.11. The third-order valence-electron chi connectivity index (χ3n) is 2.85. The molecular formula is C13H19N5O2. The molecule has 7 nitrogen and oxygen atoms in total. The molecule has 0 saturated heterocycles. The average molecular weight is 277 g/mol. The Hall–Kier alpha value is -2.15. The van der Waals surface area contributed by atoms with Gasteiger partial charge in [0.1, 0.15) is 6.33 Å². The molecule has 0 amide bonds. The Morgan fingerprint density at radius 2 is 1.95 bits per heavy atom. The second-order valence-corrected chi connectivity index (χ2v) is 4.17. The lowest BCUT2D eigenvalue weighted by atomic mass is 10.3. The van der Waals surface area contributed by atoms with E-state index in [1.165, 1.54) is 6.33 Å². The maximum atomic E-state index is 5.22. The first kappa shape index (κ1) is 14.3. The van der Waals surface area contributed by atoms with Crippen LogP contribution in [-0.2, 0) is 13.1 Å². The zero-order valence-electron chi connectivity index (χ0n) is 11.7. The second-order valence-electron chi connectivity index (χ2n) is 4.17. The van der Waals surface area contributed by atoms with Gasteiger partial charge in [0, 0.05) is 25.5 Å². The van der Waals surface area contributed by atoms with E-state index in [9.17, 15) is 0 Å². The summed E-state index contributed by atoms with van der Waals surface area (Å²) in [6, 6.07) is 1.92. The van der Waals surface area contributed by atoms with Crippen LogP contribution >= 0.6 is 0 Å². The number of nitrogens with zero attached hydrogens (tertiary/aromatic N) is 4. The third-order valence-corrected chi connectivity index (χ3v) is 2.85. The molecule has 0 fully saturated rings. The predicted octanol–water partition coefficient (Wildman–Crippen LogP) is 0.870. The van der Waals surface area contributed by atoms with Crippen LogP contribution in [0.2, 0.25) is 0 Å². The molecule has 1 N–H and O–H groups in total. The van der Waals surface area contributed by atoms with Crippen molar-refractivity contribution < 1.29 is 9.47 Å². The molecule has 0 spiro atoms. The summed E-state index contributed by atoms with van der Waals surface area (Å²) in [5, 5.41) is 7.49. The maximum absolute atomic E-state index is 5.22. The highest BCUT2D eigenvalue weighted by Gasteiger charge is 2.11. The Morgan fingerprint density at radius 1 is 1.20 bits per heavy atom. The van der Waals surface area contributed by atoms with Crippen LogP contribution in [0.3, 0.4) is 0 Å². The van der Waals surface area contributed by atoms with Crippen LogP contribution < -0.4 is 14.8 Å². The van der Waals surface area contributed by atoms with Gasteiger partial charge in [0.2, 0.25) is 11.8 Å². The Labute approximate surface area is 118 Å². The highest BCUT2D eigenvalue weighted by Crippen LogP contribution is 2.22. The third kappa shape index (κ3) is 3.67. The number of hydrogen-bond acceptors (Lipinski definition) is 6. The molecular weight excluding hydrogens is 258 g/mol. The van der Waals surface area contributed by atoms with Crippen molar-refractivity contribution in [2.75, 3.05) is 20.8 Å². The van der Waals surface area contributed by atoms with Gasteiger partial charge in [-0.2, -0.15) is 5.10 Å². The molecule has 0 unspecified atom stereocenters. The Kier molecular flexibility index (Phi) is 5.31. The molecule has 0 aliphatic carbocycles. The number of methoxy groups -OCH3 is 2. The van der Waals surface area contributed by atoms with Crippen LogP contribution in [-0.4, -0.2) is 40.5 Å². The van der Waals surface area contributed by atoms with Crippen LogP contribution in [0.4, 0.5) is 0 Å². The minimum absolute atomic E-state index is 0.538. The summed E-state index contributed by atoms with van der Waals surface area (Å²) < 4.78 is 12.3. The van der Waals surface area contributed by atoms with Crippen LogP contribution in [0.5, 0.6) is 11.8 Å². The summed E-state index contributed by atoms with van der Waals surface area (Å²) in [5.41, 5.74) is 0.830. The van der Waals surface area contributed by atoms with E-state index in [2.05, 4.69) is 20.4 Å². The fourth-order valence-corrected chi connectivity index (χ4v) is 1.90. The topological polar surface area (TPSA) is 74.1 Å². The normalized spacial score (nSPS) is 10.5. The van der Waals surface area contributed by atoms with E-state index >= 15 is 0 Å². The molecule has 2 aromatic rings. The average Bonchev–Trinajstić information content (AvgIpc) is 3.00. The van der Waals surface area contributed by atoms with Crippen molar-refractivity contribution in [3.63, 3.8) is 0 Å². The van der Waals surface area contributed by atoms with E-state index in [1.807, 2.05) is 16.9 Å². The molecule has 0 bridgehead atoms. The van der Waals surface area contributed by atoms with Gasteiger partial charge in [-0.25, -0.2) is 9.97 Å². The first-order valence-corrected chi connectivity index (χ1v) is 6.45. The zero-order chi connectivity index (χ0) is 14.2. The van der Waals surface area contributed by atoms with Gasteiger partial charge < -0.3 is 14.8 Å². The molecule has 20 heavy (non-hydrogen) atoms. The molecule has 0 saturated carbocycles. The number of hydrogen-bond donors (Lipinski definition) is 1. The fraction of sp³-hybridized carbons (Fsp3) is 0.462. The van der Waals surface area contributed by atoms with Crippen molar-refractivity contribution in [1.82, 2.24) is 25.1 Å². The van der Waals surface area contributed by atoms with E-state index in [0.717, 1.165) is 25.1 Å².